The topological polar surface area (TPSA) is 97.1 Å². The van der Waals surface area contributed by atoms with E-state index in [1.165, 1.54) is 0 Å². The van der Waals surface area contributed by atoms with Gasteiger partial charge >= 0.3 is 6.09 Å². The molecule has 1 aromatic heterocycles. The molecule has 3 aromatic carbocycles. The molecular formula is C38H42N4O5. The summed E-state index contributed by atoms with van der Waals surface area (Å²) in [7, 11) is 1.64. The Balaban J connectivity index is 1.34. The van der Waals surface area contributed by atoms with Crippen LogP contribution < -0.4 is 14.4 Å². The number of carbonyl (C=O) groups is 2. The van der Waals surface area contributed by atoms with E-state index in [1.807, 2.05) is 70.2 Å². The summed E-state index contributed by atoms with van der Waals surface area (Å²) in [5, 5.41) is 14.7. The molecule has 2 amide bonds. The number of fused-ring (bicyclic) bond motifs is 2. The average Bonchev–Trinajstić information content (AvgIpc) is 3.63. The van der Waals surface area contributed by atoms with Crippen LogP contribution in [0.15, 0.2) is 79.0 Å². The predicted molar refractivity (Wildman–Crippen MR) is 180 cm³/mol. The molecule has 4 aromatic rings. The van der Waals surface area contributed by atoms with Crippen molar-refractivity contribution in [1.82, 2.24) is 14.7 Å². The highest BCUT2D eigenvalue weighted by Gasteiger charge is 2.56. The Hall–Kier alpha value is -4.79. The smallest absolute Gasteiger partial charge is 0.407 e. The van der Waals surface area contributed by atoms with E-state index in [4.69, 9.17) is 9.47 Å². The fourth-order valence-electron chi connectivity index (χ4n) is 7.61. The van der Waals surface area contributed by atoms with Gasteiger partial charge in [-0.15, -0.1) is 0 Å². The third kappa shape index (κ3) is 5.41. The van der Waals surface area contributed by atoms with Gasteiger partial charge in [-0.3, -0.25) is 4.79 Å². The summed E-state index contributed by atoms with van der Waals surface area (Å²) in [5.41, 5.74) is 4.76. The Morgan fingerprint density at radius 3 is 2.43 bits per heavy atom. The number of ether oxygens (including phenoxy) is 2. The van der Waals surface area contributed by atoms with Gasteiger partial charge in [0.15, 0.2) is 0 Å². The molecule has 9 nitrogen and oxygen atoms in total. The predicted octanol–water partition coefficient (Wildman–Crippen LogP) is 7.45. The first-order valence-corrected chi connectivity index (χ1v) is 16.5. The van der Waals surface area contributed by atoms with Crippen molar-refractivity contribution in [3.8, 4) is 28.4 Å². The fraction of sp³-hybridized carbons (Fsp3) is 0.395. The molecule has 1 saturated heterocycles. The maximum Gasteiger partial charge on any atom is 0.407 e. The summed E-state index contributed by atoms with van der Waals surface area (Å²) in [5.74, 6) is 1.54. The summed E-state index contributed by atoms with van der Waals surface area (Å²) in [6.07, 6.45) is 4.39. The number of carboxylic acid groups (broad SMARTS) is 1. The summed E-state index contributed by atoms with van der Waals surface area (Å²) >= 11 is 0. The number of nitrogens with zero attached hydrogens (tertiary/aromatic N) is 4. The van der Waals surface area contributed by atoms with Crippen LogP contribution in [0.3, 0.4) is 0 Å². The van der Waals surface area contributed by atoms with E-state index in [0.29, 0.717) is 31.7 Å². The van der Waals surface area contributed by atoms with E-state index in [9.17, 15) is 14.7 Å². The molecule has 0 radical (unpaired) electrons. The second kappa shape index (κ2) is 11.8. The standard InChI is InChI=1S/C38H42N4O5/c1-37(2,3)33-23-29(16-20-40(33)36(44)45)47-32-22-26(31-15-19-39-42(31)27-9-6-5-7-10-27)21-30-34(32)41(35(43)38(30)17-8-18-38)24-25-11-13-28(46-4)14-12-25/h5-7,9-15,19,21-22,29,33H,8,16-18,20,23-24H2,1-4H3,(H,44,45). The maximum atomic E-state index is 14.5. The van der Waals surface area contributed by atoms with Crippen LogP contribution in [0.1, 0.15) is 64.0 Å². The van der Waals surface area contributed by atoms with Crippen LogP contribution in [0.2, 0.25) is 0 Å². The summed E-state index contributed by atoms with van der Waals surface area (Å²) < 4.78 is 14.3. The van der Waals surface area contributed by atoms with E-state index < -0.39 is 11.5 Å². The highest BCUT2D eigenvalue weighted by atomic mass is 16.5. The molecule has 3 heterocycles. The zero-order chi connectivity index (χ0) is 32.9. The lowest BCUT2D eigenvalue weighted by atomic mass is 9.65. The number of carbonyl (C=O) groups excluding carboxylic acids is 1. The van der Waals surface area contributed by atoms with Crippen molar-refractivity contribution in [2.45, 2.75) is 77.0 Å². The Bertz CT molecular complexity index is 1790. The number of anilines is 1. The molecule has 2 fully saturated rings. The first-order valence-electron chi connectivity index (χ1n) is 16.5. The second-order valence-electron chi connectivity index (χ2n) is 14.1. The molecular weight excluding hydrogens is 592 g/mol. The molecule has 244 valence electrons. The third-order valence-electron chi connectivity index (χ3n) is 10.3. The van der Waals surface area contributed by atoms with Gasteiger partial charge in [0, 0.05) is 31.0 Å². The number of amides is 2. The minimum absolute atomic E-state index is 0.112. The number of piperidine rings is 1. The van der Waals surface area contributed by atoms with E-state index in [-0.39, 0.29) is 23.5 Å². The molecule has 3 aliphatic rings. The third-order valence-corrected chi connectivity index (χ3v) is 10.3. The lowest BCUT2D eigenvalue weighted by Gasteiger charge is -2.44. The maximum absolute atomic E-state index is 14.5. The SMILES string of the molecule is COc1ccc(CN2C(=O)C3(CCC3)c3cc(-c4ccnn4-c4ccccc4)cc(OC4CCN(C(=O)O)C(C(C)(C)C)C4)c32)cc1. The minimum Gasteiger partial charge on any atom is -0.497 e. The van der Waals surface area contributed by atoms with Gasteiger partial charge in [-0.1, -0.05) is 57.5 Å². The zero-order valence-electron chi connectivity index (χ0n) is 27.5. The molecule has 1 saturated carbocycles. The van der Waals surface area contributed by atoms with Crippen LogP contribution in [-0.2, 0) is 16.8 Å². The van der Waals surface area contributed by atoms with Crippen molar-refractivity contribution in [3.63, 3.8) is 0 Å². The van der Waals surface area contributed by atoms with Crippen molar-refractivity contribution in [1.29, 1.82) is 0 Å². The van der Waals surface area contributed by atoms with Gasteiger partial charge in [0.1, 0.15) is 17.6 Å². The average molecular weight is 635 g/mol. The van der Waals surface area contributed by atoms with Crippen LogP contribution in [0.25, 0.3) is 16.9 Å². The zero-order valence-corrected chi connectivity index (χ0v) is 27.5. The van der Waals surface area contributed by atoms with Crippen LogP contribution in [0.4, 0.5) is 10.5 Å². The number of rotatable bonds is 7. The van der Waals surface area contributed by atoms with Crippen LogP contribution >= 0.6 is 0 Å². The number of hydrogen-bond donors (Lipinski definition) is 1. The van der Waals surface area contributed by atoms with Crippen molar-refractivity contribution in [2.24, 2.45) is 5.41 Å². The first kappa shape index (κ1) is 30.8. The Morgan fingerprint density at radius 1 is 1.04 bits per heavy atom. The van der Waals surface area contributed by atoms with Gasteiger partial charge in [-0.2, -0.15) is 5.10 Å². The van der Waals surface area contributed by atoms with E-state index >= 15 is 0 Å². The number of aromatic nitrogens is 2. The monoisotopic (exact) mass is 634 g/mol. The first-order chi connectivity index (χ1) is 22.6. The van der Waals surface area contributed by atoms with E-state index in [1.54, 1.807) is 18.2 Å². The number of benzene rings is 3. The van der Waals surface area contributed by atoms with Gasteiger partial charge in [0.2, 0.25) is 5.91 Å². The fourth-order valence-corrected chi connectivity index (χ4v) is 7.61. The molecule has 1 spiro atoms. The molecule has 47 heavy (non-hydrogen) atoms. The molecule has 0 bridgehead atoms. The van der Waals surface area contributed by atoms with Crippen LogP contribution in [-0.4, -0.2) is 57.6 Å². The lowest BCUT2D eigenvalue weighted by molar-refractivity contribution is -0.126. The summed E-state index contributed by atoms with van der Waals surface area (Å²) in [4.78, 5) is 30.1. The lowest BCUT2D eigenvalue weighted by Crippen LogP contribution is -2.53. The largest absolute Gasteiger partial charge is 0.497 e. The van der Waals surface area contributed by atoms with Crippen molar-refractivity contribution >= 4 is 17.7 Å². The Kier molecular flexibility index (Phi) is 7.73. The van der Waals surface area contributed by atoms with Crippen LogP contribution in [0, 0.1) is 5.41 Å². The van der Waals surface area contributed by atoms with Gasteiger partial charge in [0.25, 0.3) is 0 Å². The number of methoxy groups -OCH3 is 1. The number of hydrogen-bond acceptors (Lipinski definition) is 5. The molecule has 1 N–H and O–H groups in total. The van der Waals surface area contributed by atoms with Gasteiger partial charge in [0.05, 0.1) is 42.3 Å². The molecule has 7 rings (SSSR count). The highest BCUT2D eigenvalue weighted by molar-refractivity contribution is 6.10. The molecule has 1 aliphatic carbocycles. The normalized spacial score (nSPS) is 20.2. The highest BCUT2D eigenvalue weighted by Crippen LogP contribution is 2.58. The molecule has 2 aliphatic heterocycles. The Labute approximate surface area is 275 Å². The molecule has 2 unspecified atom stereocenters. The Morgan fingerprint density at radius 2 is 1.79 bits per heavy atom. The van der Waals surface area contributed by atoms with Crippen molar-refractivity contribution in [3.05, 3.63) is 90.1 Å². The van der Waals surface area contributed by atoms with Crippen LogP contribution in [0.5, 0.6) is 11.5 Å². The molecule has 2 atom stereocenters. The quantitative estimate of drug-likeness (QED) is 0.227. The van der Waals surface area contributed by atoms with Gasteiger partial charge in [-0.05, 0) is 71.8 Å². The summed E-state index contributed by atoms with van der Waals surface area (Å²) in [6, 6.07) is 23.9. The van der Waals surface area contributed by atoms with Crippen molar-refractivity contribution < 1.29 is 24.2 Å². The summed E-state index contributed by atoms with van der Waals surface area (Å²) in [6.45, 7) is 7.04. The number of para-hydroxylation sites is 1. The van der Waals surface area contributed by atoms with E-state index in [0.717, 1.165) is 58.8 Å². The van der Waals surface area contributed by atoms with Gasteiger partial charge in [-0.25, -0.2) is 9.48 Å². The van der Waals surface area contributed by atoms with Gasteiger partial charge < -0.3 is 24.4 Å². The second-order valence-corrected chi connectivity index (χ2v) is 14.1. The minimum atomic E-state index is -0.899. The van der Waals surface area contributed by atoms with Crippen molar-refractivity contribution in [2.75, 3.05) is 18.6 Å². The molecule has 9 heteroatoms. The van der Waals surface area contributed by atoms with E-state index in [2.05, 4.69) is 38.0 Å². The number of likely N-dealkylation sites (tertiary alicyclic amines) is 1.